The average molecular weight is 757 g/mol. The van der Waals surface area contributed by atoms with Gasteiger partial charge in [-0.3, -0.25) is 0 Å². The van der Waals surface area contributed by atoms with Gasteiger partial charge in [0.15, 0.2) is 0 Å². The third kappa shape index (κ3) is 6.90. The summed E-state index contributed by atoms with van der Waals surface area (Å²) < 4.78 is 0. The topological polar surface area (TPSA) is 48.8 Å². The first-order chi connectivity index (χ1) is 27.7. The molecule has 56 heavy (non-hydrogen) atoms. The van der Waals surface area contributed by atoms with E-state index in [1.54, 1.807) is 0 Å². The van der Waals surface area contributed by atoms with Crippen molar-refractivity contribution in [3.05, 3.63) is 228 Å². The van der Waals surface area contributed by atoms with Crippen LogP contribution in [0.3, 0.4) is 0 Å². The van der Waals surface area contributed by atoms with E-state index < -0.39 is 0 Å². The predicted molar refractivity (Wildman–Crippen MR) is 233 cm³/mol. The fraction of sp³-hybridized carbons (Fsp3) is 0.0400. The minimum Gasteiger partial charge on any atom is -0.359 e. The lowest BCUT2D eigenvalue weighted by molar-refractivity contribution is 0.779. The maximum atomic E-state index is 5.40. The highest BCUT2D eigenvalue weighted by Gasteiger charge is 2.26. The standard InChI is InChI=1S/C50H36N4S2/c1-5-15-33(16-6-1)41-31-42(34-17-7-2-8-18-34)52-49(51-41)38-25-27-39(37-26-28-47-48(30-37)56-46-24-14-13-23-45(46)55-47)40(29-38)50-53-43(35-19-9-3-10-20-35)32-44(54-50)36-21-11-4-12-22-36/h1-32,41,43H,(H,51,52)(H,53,54). The van der Waals surface area contributed by atoms with E-state index in [9.17, 15) is 0 Å². The van der Waals surface area contributed by atoms with Crippen molar-refractivity contribution in [2.24, 2.45) is 9.98 Å². The molecule has 0 bridgehead atoms. The van der Waals surface area contributed by atoms with Crippen molar-refractivity contribution in [2.75, 3.05) is 0 Å². The molecule has 3 aliphatic heterocycles. The van der Waals surface area contributed by atoms with Crippen molar-refractivity contribution in [2.45, 2.75) is 31.7 Å². The Labute approximate surface area is 335 Å². The Kier molecular flexibility index (Phi) is 9.19. The number of rotatable bonds is 7. The molecule has 7 aromatic rings. The van der Waals surface area contributed by atoms with Gasteiger partial charge in [-0.25, -0.2) is 9.98 Å². The van der Waals surface area contributed by atoms with Crippen molar-refractivity contribution >= 4 is 46.6 Å². The molecule has 2 unspecified atom stereocenters. The summed E-state index contributed by atoms with van der Waals surface area (Å²) in [6, 6.07) is 64.2. The molecule has 0 saturated heterocycles. The van der Waals surface area contributed by atoms with E-state index in [1.807, 2.05) is 29.6 Å². The van der Waals surface area contributed by atoms with Gasteiger partial charge in [-0.1, -0.05) is 175 Å². The minimum atomic E-state index is -0.0809. The minimum absolute atomic E-state index is 0.0553. The quantitative estimate of drug-likeness (QED) is 0.170. The Morgan fingerprint density at radius 1 is 0.357 bits per heavy atom. The Morgan fingerprint density at radius 2 is 0.821 bits per heavy atom. The highest BCUT2D eigenvalue weighted by molar-refractivity contribution is 8.05. The number of benzene rings is 7. The van der Waals surface area contributed by atoms with Crippen LogP contribution in [-0.2, 0) is 0 Å². The number of nitrogens with one attached hydrogen (secondary N) is 2. The van der Waals surface area contributed by atoms with Gasteiger partial charge >= 0.3 is 0 Å². The molecule has 0 aromatic heterocycles. The van der Waals surface area contributed by atoms with Crippen LogP contribution >= 0.6 is 23.5 Å². The molecule has 0 fully saturated rings. The molecule has 2 atom stereocenters. The summed E-state index contributed by atoms with van der Waals surface area (Å²) in [6.45, 7) is 0. The summed E-state index contributed by atoms with van der Waals surface area (Å²) in [6.07, 6.45) is 4.45. The van der Waals surface area contributed by atoms with E-state index in [1.165, 1.54) is 30.7 Å². The van der Waals surface area contributed by atoms with Crippen LogP contribution in [0.4, 0.5) is 0 Å². The zero-order valence-corrected chi connectivity index (χ0v) is 32.0. The van der Waals surface area contributed by atoms with Crippen molar-refractivity contribution in [1.29, 1.82) is 0 Å². The number of hydrogen-bond acceptors (Lipinski definition) is 6. The van der Waals surface area contributed by atoms with Crippen LogP contribution in [0, 0.1) is 0 Å². The van der Waals surface area contributed by atoms with Crippen molar-refractivity contribution in [3.63, 3.8) is 0 Å². The van der Waals surface area contributed by atoms with Crippen LogP contribution in [-0.4, -0.2) is 11.7 Å². The Bertz CT molecular complexity index is 2690. The summed E-state index contributed by atoms with van der Waals surface area (Å²) in [5, 5.41) is 7.65. The molecular weight excluding hydrogens is 721 g/mol. The van der Waals surface area contributed by atoms with Gasteiger partial charge in [-0.2, -0.15) is 0 Å². The fourth-order valence-corrected chi connectivity index (χ4v) is 9.67. The molecule has 0 saturated carbocycles. The van der Waals surface area contributed by atoms with E-state index in [-0.39, 0.29) is 12.1 Å². The van der Waals surface area contributed by atoms with E-state index >= 15 is 0 Å². The molecule has 2 N–H and O–H groups in total. The highest BCUT2D eigenvalue weighted by Crippen LogP contribution is 2.49. The lowest BCUT2D eigenvalue weighted by Crippen LogP contribution is -2.33. The molecular formula is C50H36N4S2. The van der Waals surface area contributed by atoms with Crippen molar-refractivity contribution in [1.82, 2.24) is 10.6 Å². The number of nitrogens with zero attached hydrogens (tertiary/aromatic N) is 2. The SMILES string of the molecule is C1=C(c2ccccc2)N=C(c2ccc(-c3ccc4c(c3)Sc3ccccc3S4)c(C3=NC(c4ccccc4)=CC(c4ccccc4)N3)c2)NC1c1ccccc1. The molecule has 0 spiro atoms. The van der Waals surface area contributed by atoms with E-state index in [4.69, 9.17) is 9.98 Å². The second kappa shape index (κ2) is 15.1. The van der Waals surface area contributed by atoms with E-state index in [0.29, 0.717) is 0 Å². The second-order valence-corrected chi connectivity index (χ2v) is 16.1. The van der Waals surface area contributed by atoms with Gasteiger partial charge in [0.05, 0.1) is 23.5 Å². The summed E-state index contributed by atoms with van der Waals surface area (Å²) in [7, 11) is 0. The molecule has 0 radical (unpaired) electrons. The average Bonchev–Trinajstić information content (AvgIpc) is 3.29. The highest BCUT2D eigenvalue weighted by atomic mass is 32.2. The first-order valence-corrected chi connectivity index (χ1v) is 20.4. The third-order valence-corrected chi connectivity index (χ3v) is 12.8. The Morgan fingerprint density at radius 3 is 1.41 bits per heavy atom. The summed E-state index contributed by atoms with van der Waals surface area (Å²) in [5.41, 5.74) is 10.6. The lowest BCUT2D eigenvalue weighted by atomic mass is 9.93. The van der Waals surface area contributed by atoms with Crippen LogP contribution < -0.4 is 10.6 Å². The van der Waals surface area contributed by atoms with Gasteiger partial charge < -0.3 is 10.6 Å². The molecule has 10 rings (SSSR count). The van der Waals surface area contributed by atoms with Crippen LogP contribution in [0.25, 0.3) is 22.5 Å². The van der Waals surface area contributed by atoms with Crippen LogP contribution in [0.5, 0.6) is 0 Å². The molecule has 268 valence electrons. The van der Waals surface area contributed by atoms with Gasteiger partial charge in [0, 0.05) is 30.7 Å². The summed E-state index contributed by atoms with van der Waals surface area (Å²) in [5.74, 6) is 1.63. The zero-order valence-electron chi connectivity index (χ0n) is 30.3. The van der Waals surface area contributed by atoms with Crippen LogP contribution in [0.15, 0.2) is 224 Å². The molecule has 7 aromatic carbocycles. The number of fused-ring (bicyclic) bond motifs is 2. The predicted octanol–water partition coefficient (Wildman–Crippen LogP) is 12.2. The van der Waals surface area contributed by atoms with E-state index in [0.717, 1.165) is 56.4 Å². The third-order valence-electron chi connectivity index (χ3n) is 10.2. The molecule has 3 aliphatic rings. The molecule has 4 nitrogen and oxygen atoms in total. The summed E-state index contributed by atoms with van der Waals surface area (Å²) >= 11 is 3.68. The van der Waals surface area contributed by atoms with Crippen molar-refractivity contribution in [3.8, 4) is 11.1 Å². The number of amidine groups is 2. The van der Waals surface area contributed by atoms with E-state index in [2.05, 4.69) is 199 Å². The lowest BCUT2D eigenvalue weighted by Gasteiger charge is -2.27. The smallest absolute Gasteiger partial charge is 0.135 e. The monoisotopic (exact) mass is 756 g/mol. The number of hydrogen-bond donors (Lipinski definition) is 2. The van der Waals surface area contributed by atoms with Crippen LogP contribution in [0.2, 0.25) is 0 Å². The first-order valence-electron chi connectivity index (χ1n) is 18.8. The fourth-order valence-electron chi connectivity index (χ4n) is 7.41. The maximum absolute atomic E-state index is 5.40. The zero-order chi connectivity index (χ0) is 37.3. The first kappa shape index (κ1) is 34.2. The molecule has 3 heterocycles. The van der Waals surface area contributed by atoms with Gasteiger partial charge in [-0.05, 0) is 75.9 Å². The van der Waals surface area contributed by atoms with Gasteiger partial charge in [-0.15, -0.1) is 0 Å². The normalized spacial score (nSPS) is 17.1. The molecule has 0 amide bonds. The van der Waals surface area contributed by atoms with Gasteiger partial charge in [0.2, 0.25) is 0 Å². The molecule has 6 heteroatoms. The number of aliphatic imine (C=N–C) groups is 2. The van der Waals surface area contributed by atoms with Gasteiger partial charge in [0.25, 0.3) is 0 Å². The van der Waals surface area contributed by atoms with Gasteiger partial charge in [0.1, 0.15) is 11.7 Å². The Hall–Kier alpha value is -6.34. The Balaban J connectivity index is 1.13. The van der Waals surface area contributed by atoms with Crippen molar-refractivity contribution < 1.29 is 0 Å². The molecule has 0 aliphatic carbocycles. The summed E-state index contributed by atoms with van der Waals surface area (Å²) in [4.78, 5) is 15.8. The maximum Gasteiger partial charge on any atom is 0.135 e. The van der Waals surface area contributed by atoms with Crippen LogP contribution in [0.1, 0.15) is 45.5 Å². The largest absolute Gasteiger partial charge is 0.359 e. The second-order valence-electron chi connectivity index (χ2n) is 13.9.